The molecule has 68 valence electrons. The topological polar surface area (TPSA) is 56.2 Å². The number of aromatic amines is 1. The highest BCUT2D eigenvalue weighted by Gasteiger charge is 1.90. The molecule has 0 aromatic carbocycles. The average molecular weight is 172 g/mol. The van der Waals surface area contributed by atoms with Crippen LogP contribution in [0.4, 0.5) is 0 Å². The molecule has 0 saturated carbocycles. The van der Waals surface area contributed by atoms with Crippen molar-refractivity contribution in [1.82, 2.24) is 9.78 Å². The van der Waals surface area contributed by atoms with Crippen molar-refractivity contribution < 1.29 is 9.47 Å². The number of ether oxygens (including phenoxy) is 2. The van der Waals surface area contributed by atoms with Crippen LogP contribution in [0.5, 0.6) is 0 Å². The van der Waals surface area contributed by atoms with Gasteiger partial charge in [0.25, 0.3) is 5.56 Å². The van der Waals surface area contributed by atoms with Crippen molar-refractivity contribution in [1.29, 1.82) is 0 Å². The van der Waals surface area contributed by atoms with E-state index < -0.39 is 0 Å². The lowest BCUT2D eigenvalue weighted by molar-refractivity contribution is 0.0287. The van der Waals surface area contributed by atoms with E-state index >= 15 is 0 Å². The number of nitrogens with zero attached hydrogens (tertiary/aromatic N) is 1. The van der Waals surface area contributed by atoms with Gasteiger partial charge in [-0.05, 0) is 0 Å². The lowest BCUT2D eigenvalue weighted by atomic mass is 10.7. The fourth-order valence-corrected chi connectivity index (χ4v) is 0.754. The number of hydrogen-bond donors (Lipinski definition) is 1. The van der Waals surface area contributed by atoms with Crippen molar-refractivity contribution in [3.05, 3.63) is 22.6 Å². The molecule has 1 rings (SSSR count). The smallest absolute Gasteiger partial charge is 0.264 e. The standard InChI is InChI=1S/C7H12N2O3/c1-11-4-5-12-6-9-3-2-7(10)8-9/h2-3H,4-6H2,1H3,(H,8,10). The minimum absolute atomic E-state index is 0.120. The minimum Gasteiger partial charge on any atom is -0.382 e. The summed E-state index contributed by atoms with van der Waals surface area (Å²) in [5.74, 6) is 0. The van der Waals surface area contributed by atoms with E-state index in [2.05, 4.69) is 5.10 Å². The number of H-pyrrole nitrogens is 1. The largest absolute Gasteiger partial charge is 0.382 e. The van der Waals surface area contributed by atoms with Gasteiger partial charge in [-0.15, -0.1) is 0 Å². The lowest BCUT2D eigenvalue weighted by Gasteiger charge is -2.03. The zero-order chi connectivity index (χ0) is 8.81. The molecule has 1 aromatic heterocycles. The Morgan fingerprint density at radius 2 is 2.42 bits per heavy atom. The molecule has 0 saturated heterocycles. The van der Waals surface area contributed by atoms with Crippen LogP contribution >= 0.6 is 0 Å². The number of aromatic nitrogens is 2. The van der Waals surface area contributed by atoms with Gasteiger partial charge in [0.1, 0.15) is 6.73 Å². The lowest BCUT2D eigenvalue weighted by Crippen LogP contribution is -2.10. The first-order valence-electron chi connectivity index (χ1n) is 3.65. The monoisotopic (exact) mass is 172 g/mol. The molecule has 0 aliphatic carbocycles. The zero-order valence-corrected chi connectivity index (χ0v) is 6.95. The Hall–Kier alpha value is -1.07. The summed E-state index contributed by atoms with van der Waals surface area (Å²) in [5.41, 5.74) is -0.120. The van der Waals surface area contributed by atoms with Crippen LogP contribution in [0, 0.1) is 0 Å². The molecule has 5 heteroatoms. The molecule has 0 radical (unpaired) electrons. The highest BCUT2D eigenvalue weighted by molar-refractivity contribution is 4.78. The van der Waals surface area contributed by atoms with Crippen LogP contribution in [0.15, 0.2) is 17.1 Å². The molecule has 0 spiro atoms. The molecule has 0 unspecified atom stereocenters. The summed E-state index contributed by atoms with van der Waals surface area (Å²) in [6.45, 7) is 1.44. The van der Waals surface area contributed by atoms with Crippen LogP contribution in [0.3, 0.4) is 0 Å². The fraction of sp³-hybridized carbons (Fsp3) is 0.571. The van der Waals surface area contributed by atoms with Crippen molar-refractivity contribution in [3.63, 3.8) is 0 Å². The summed E-state index contributed by atoms with van der Waals surface area (Å²) in [6, 6.07) is 1.44. The molecule has 5 nitrogen and oxygen atoms in total. The first-order chi connectivity index (χ1) is 5.83. The van der Waals surface area contributed by atoms with Crippen LogP contribution in [-0.4, -0.2) is 30.1 Å². The van der Waals surface area contributed by atoms with Gasteiger partial charge in [0, 0.05) is 19.4 Å². The second-order valence-corrected chi connectivity index (χ2v) is 2.29. The van der Waals surface area contributed by atoms with Crippen molar-refractivity contribution in [2.24, 2.45) is 0 Å². The van der Waals surface area contributed by atoms with Crippen molar-refractivity contribution >= 4 is 0 Å². The van der Waals surface area contributed by atoms with Gasteiger partial charge in [0.2, 0.25) is 0 Å². The summed E-state index contributed by atoms with van der Waals surface area (Å²) in [5, 5.41) is 2.55. The summed E-state index contributed by atoms with van der Waals surface area (Å²) < 4.78 is 11.5. The Bertz CT molecular complexity index is 266. The van der Waals surface area contributed by atoms with Gasteiger partial charge < -0.3 is 9.47 Å². The molecular weight excluding hydrogens is 160 g/mol. The van der Waals surface area contributed by atoms with Crippen LogP contribution in [0.25, 0.3) is 0 Å². The molecule has 1 heterocycles. The number of nitrogens with one attached hydrogen (secondary N) is 1. The Balaban J connectivity index is 2.20. The Kier molecular flexibility index (Phi) is 3.56. The molecule has 0 atom stereocenters. The van der Waals surface area contributed by atoms with E-state index in [9.17, 15) is 4.79 Å². The Labute approximate surface area is 69.9 Å². The van der Waals surface area contributed by atoms with E-state index in [4.69, 9.17) is 9.47 Å². The van der Waals surface area contributed by atoms with E-state index in [1.807, 2.05) is 0 Å². The third kappa shape index (κ3) is 2.89. The van der Waals surface area contributed by atoms with Crippen molar-refractivity contribution in [2.75, 3.05) is 20.3 Å². The minimum atomic E-state index is -0.120. The SMILES string of the molecule is COCCOCn1ccc(=O)[nH]1. The van der Waals surface area contributed by atoms with Crippen LogP contribution in [-0.2, 0) is 16.2 Å². The molecule has 0 aliphatic rings. The van der Waals surface area contributed by atoms with Gasteiger partial charge in [-0.2, -0.15) is 0 Å². The molecule has 0 amide bonds. The molecular formula is C7H12N2O3. The van der Waals surface area contributed by atoms with Crippen LogP contribution in [0.1, 0.15) is 0 Å². The van der Waals surface area contributed by atoms with Crippen molar-refractivity contribution in [2.45, 2.75) is 6.73 Å². The van der Waals surface area contributed by atoms with Gasteiger partial charge in [-0.25, -0.2) is 0 Å². The third-order valence-corrected chi connectivity index (χ3v) is 1.32. The van der Waals surface area contributed by atoms with Gasteiger partial charge >= 0.3 is 0 Å². The van der Waals surface area contributed by atoms with E-state index in [1.54, 1.807) is 18.0 Å². The summed E-state index contributed by atoms with van der Waals surface area (Å²) in [6.07, 6.45) is 1.63. The second kappa shape index (κ2) is 4.74. The number of hydrogen-bond acceptors (Lipinski definition) is 3. The highest BCUT2D eigenvalue weighted by Crippen LogP contribution is 1.82. The fourth-order valence-electron chi connectivity index (χ4n) is 0.754. The first kappa shape index (κ1) is 9.02. The summed E-state index contributed by atoms with van der Waals surface area (Å²) in [7, 11) is 1.61. The molecule has 12 heavy (non-hydrogen) atoms. The maximum Gasteiger partial charge on any atom is 0.264 e. The maximum absolute atomic E-state index is 10.6. The predicted octanol–water partition coefficient (Wildman–Crippen LogP) is -0.203. The first-order valence-corrected chi connectivity index (χ1v) is 3.65. The van der Waals surface area contributed by atoms with Crippen molar-refractivity contribution in [3.8, 4) is 0 Å². The third-order valence-electron chi connectivity index (χ3n) is 1.32. The van der Waals surface area contributed by atoms with Gasteiger partial charge in [-0.3, -0.25) is 14.6 Å². The normalized spacial score (nSPS) is 10.4. The average Bonchev–Trinajstić information content (AvgIpc) is 2.45. The summed E-state index contributed by atoms with van der Waals surface area (Å²) in [4.78, 5) is 10.6. The van der Waals surface area contributed by atoms with Gasteiger partial charge in [0.15, 0.2) is 0 Å². The van der Waals surface area contributed by atoms with E-state index in [0.29, 0.717) is 19.9 Å². The quantitative estimate of drug-likeness (QED) is 0.625. The second-order valence-electron chi connectivity index (χ2n) is 2.29. The highest BCUT2D eigenvalue weighted by atomic mass is 16.5. The number of methoxy groups -OCH3 is 1. The molecule has 0 bridgehead atoms. The molecule has 0 aliphatic heterocycles. The van der Waals surface area contributed by atoms with Crippen LogP contribution in [0.2, 0.25) is 0 Å². The Morgan fingerprint density at radius 3 is 3.00 bits per heavy atom. The molecule has 1 N–H and O–H groups in total. The predicted molar refractivity (Wildman–Crippen MR) is 42.9 cm³/mol. The van der Waals surface area contributed by atoms with E-state index in [1.165, 1.54) is 6.07 Å². The summed E-state index contributed by atoms with van der Waals surface area (Å²) >= 11 is 0. The van der Waals surface area contributed by atoms with Gasteiger partial charge in [0.05, 0.1) is 13.2 Å². The van der Waals surface area contributed by atoms with E-state index in [-0.39, 0.29) is 5.56 Å². The zero-order valence-electron chi connectivity index (χ0n) is 6.95. The van der Waals surface area contributed by atoms with Crippen LogP contribution < -0.4 is 5.56 Å². The Morgan fingerprint density at radius 1 is 1.58 bits per heavy atom. The number of rotatable bonds is 5. The van der Waals surface area contributed by atoms with E-state index in [0.717, 1.165) is 0 Å². The maximum atomic E-state index is 10.6. The van der Waals surface area contributed by atoms with Gasteiger partial charge in [-0.1, -0.05) is 0 Å². The molecule has 1 aromatic rings. The molecule has 0 fully saturated rings.